The number of phenols is 1. The van der Waals surface area contributed by atoms with E-state index in [1.165, 1.54) is 11.3 Å². The van der Waals surface area contributed by atoms with Crippen LogP contribution in [0.25, 0.3) is 11.1 Å². The van der Waals surface area contributed by atoms with Gasteiger partial charge >= 0.3 is 0 Å². The summed E-state index contributed by atoms with van der Waals surface area (Å²) in [7, 11) is 0. The highest BCUT2D eigenvalue weighted by molar-refractivity contribution is 5.73. The first-order valence-electron chi connectivity index (χ1n) is 5.50. The van der Waals surface area contributed by atoms with E-state index in [0.29, 0.717) is 5.75 Å². The number of phenolic OH excluding ortho intramolecular Hbond substituents is 1. The lowest BCUT2D eigenvalue weighted by molar-refractivity contribution is 0.477. The van der Waals surface area contributed by atoms with Crippen molar-refractivity contribution in [2.24, 2.45) is 0 Å². The third-order valence-corrected chi connectivity index (χ3v) is 3.03. The molecule has 2 heteroatoms. The summed E-state index contributed by atoms with van der Waals surface area (Å²) in [6.45, 7) is 1.01. The van der Waals surface area contributed by atoms with Gasteiger partial charge in [-0.1, -0.05) is 24.3 Å². The van der Waals surface area contributed by atoms with E-state index in [4.69, 9.17) is 0 Å². The van der Waals surface area contributed by atoms with Crippen LogP contribution in [0.1, 0.15) is 5.56 Å². The normalized spacial score (nSPS) is 13.2. The Hall–Kier alpha value is -1.96. The van der Waals surface area contributed by atoms with E-state index in [0.717, 1.165) is 24.1 Å². The minimum Gasteiger partial charge on any atom is -0.507 e. The molecule has 0 spiro atoms. The predicted molar refractivity (Wildman–Crippen MR) is 65.7 cm³/mol. The monoisotopic (exact) mass is 211 g/mol. The van der Waals surface area contributed by atoms with Crippen molar-refractivity contribution >= 4 is 5.69 Å². The van der Waals surface area contributed by atoms with Gasteiger partial charge in [0.1, 0.15) is 5.75 Å². The molecule has 1 heterocycles. The summed E-state index contributed by atoms with van der Waals surface area (Å²) in [5.74, 6) is 0.341. The Morgan fingerprint density at radius 2 is 1.94 bits per heavy atom. The van der Waals surface area contributed by atoms with E-state index in [-0.39, 0.29) is 0 Å². The van der Waals surface area contributed by atoms with Crippen molar-refractivity contribution in [1.82, 2.24) is 0 Å². The molecular weight excluding hydrogens is 198 g/mol. The molecule has 0 saturated heterocycles. The van der Waals surface area contributed by atoms with Crippen molar-refractivity contribution in [1.29, 1.82) is 0 Å². The highest BCUT2D eigenvalue weighted by atomic mass is 16.3. The molecule has 0 bridgehead atoms. The topological polar surface area (TPSA) is 32.3 Å². The van der Waals surface area contributed by atoms with E-state index >= 15 is 0 Å². The highest BCUT2D eigenvalue weighted by Gasteiger charge is 2.11. The second-order valence-electron chi connectivity index (χ2n) is 4.07. The average Bonchev–Trinajstić information content (AvgIpc) is 2.76. The predicted octanol–water partition coefficient (Wildman–Crippen LogP) is 3.03. The molecule has 0 atom stereocenters. The number of benzene rings is 2. The van der Waals surface area contributed by atoms with Crippen LogP contribution in [0, 0.1) is 0 Å². The lowest BCUT2D eigenvalue weighted by Gasteiger charge is -2.06. The average molecular weight is 211 g/mol. The van der Waals surface area contributed by atoms with E-state index in [1.807, 2.05) is 24.3 Å². The molecule has 2 N–H and O–H groups in total. The Morgan fingerprint density at radius 3 is 2.81 bits per heavy atom. The van der Waals surface area contributed by atoms with Gasteiger partial charge in [-0.15, -0.1) is 0 Å². The largest absolute Gasteiger partial charge is 0.507 e. The molecule has 80 valence electrons. The van der Waals surface area contributed by atoms with Gasteiger partial charge in [0.2, 0.25) is 0 Å². The van der Waals surface area contributed by atoms with Gasteiger partial charge in [0.15, 0.2) is 0 Å². The number of hydrogen-bond acceptors (Lipinski definition) is 2. The minimum absolute atomic E-state index is 0.341. The van der Waals surface area contributed by atoms with Gasteiger partial charge in [-0.2, -0.15) is 0 Å². The zero-order chi connectivity index (χ0) is 11.0. The molecule has 3 rings (SSSR count). The van der Waals surface area contributed by atoms with E-state index < -0.39 is 0 Å². The molecular formula is C14H13NO. The molecule has 0 amide bonds. The van der Waals surface area contributed by atoms with E-state index in [2.05, 4.69) is 17.4 Å². The van der Waals surface area contributed by atoms with Crippen molar-refractivity contribution in [2.75, 3.05) is 11.9 Å². The Balaban J connectivity index is 2.11. The second kappa shape index (κ2) is 3.56. The minimum atomic E-state index is 0.341. The Morgan fingerprint density at radius 1 is 1.06 bits per heavy atom. The fourth-order valence-electron chi connectivity index (χ4n) is 2.19. The number of hydrogen-bond donors (Lipinski definition) is 2. The van der Waals surface area contributed by atoms with Crippen molar-refractivity contribution in [3.8, 4) is 16.9 Å². The maximum absolute atomic E-state index is 9.80. The molecule has 16 heavy (non-hydrogen) atoms. The molecule has 2 aromatic carbocycles. The van der Waals surface area contributed by atoms with Crippen molar-refractivity contribution in [3.05, 3.63) is 48.0 Å². The van der Waals surface area contributed by atoms with Crippen LogP contribution in [-0.2, 0) is 6.42 Å². The van der Waals surface area contributed by atoms with Crippen LogP contribution in [-0.4, -0.2) is 11.7 Å². The number of fused-ring (bicyclic) bond motifs is 1. The SMILES string of the molecule is Oc1ccccc1-c1ccc2c(c1)CCN2. The number of rotatable bonds is 1. The first-order chi connectivity index (χ1) is 7.84. The summed E-state index contributed by atoms with van der Waals surface area (Å²) in [5, 5.41) is 13.1. The number of aromatic hydroxyl groups is 1. The van der Waals surface area contributed by atoms with Crippen molar-refractivity contribution in [3.63, 3.8) is 0 Å². The van der Waals surface area contributed by atoms with Crippen LogP contribution >= 0.6 is 0 Å². The Labute approximate surface area is 94.6 Å². The van der Waals surface area contributed by atoms with Crippen LogP contribution in [0.3, 0.4) is 0 Å². The number of para-hydroxylation sites is 1. The fraction of sp³-hybridized carbons (Fsp3) is 0.143. The smallest absolute Gasteiger partial charge is 0.123 e. The lowest BCUT2D eigenvalue weighted by Crippen LogP contribution is -1.90. The van der Waals surface area contributed by atoms with Crippen LogP contribution in [0.5, 0.6) is 5.75 Å². The Kier molecular flexibility index (Phi) is 2.07. The standard InChI is InChI=1S/C14H13NO/c16-14-4-2-1-3-12(14)10-5-6-13-11(9-10)7-8-15-13/h1-6,9,15-16H,7-8H2. The maximum atomic E-state index is 9.80. The maximum Gasteiger partial charge on any atom is 0.123 e. The molecule has 0 fully saturated rings. The molecule has 0 radical (unpaired) electrons. The summed E-state index contributed by atoms with van der Waals surface area (Å²) in [6, 6.07) is 13.7. The molecule has 0 unspecified atom stereocenters. The van der Waals surface area contributed by atoms with Gasteiger partial charge in [0, 0.05) is 17.8 Å². The third-order valence-electron chi connectivity index (χ3n) is 3.03. The van der Waals surface area contributed by atoms with Crippen LogP contribution in [0.15, 0.2) is 42.5 Å². The quantitative estimate of drug-likeness (QED) is 0.760. The summed E-state index contributed by atoms with van der Waals surface area (Å²) < 4.78 is 0. The zero-order valence-corrected chi connectivity index (χ0v) is 8.90. The van der Waals surface area contributed by atoms with Crippen LogP contribution in [0.4, 0.5) is 5.69 Å². The first-order valence-corrected chi connectivity index (χ1v) is 5.50. The van der Waals surface area contributed by atoms with Gasteiger partial charge in [0.25, 0.3) is 0 Å². The van der Waals surface area contributed by atoms with Crippen LogP contribution < -0.4 is 5.32 Å². The molecule has 2 nitrogen and oxygen atoms in total. The van der Waals surface area contributed by atoms with Gasteiger partial charge in [0.05, 0.1) is 0 Å². The zero-order valence-electron chi connectivity index (χ0n) is 8.90. The summed E-state index contributed by atoms with van der Waals surface area (Å²) >= 11 is 0. The molecule has 0 saturated carbocycles. The molecule has 0 aromatic heterocycles. The molecule has 2 aromatic rings. The fourth-order valence-corrected chi connectivity index (χ4v) is 2.19. The first kappa shape index (κ1) is 9.28. The highest BCUT2D eigenvalue weighted by Crippen LogP contribution is 2.32. The van der Waals surface area contributed by atoms with Gasteiger partial charge in [-0.05, 0) is 35.7 Å². The summed E-state index contributed by atoms with van der Waals surface area (Å²) in [5.41, 5.74) is 4.54. The van der Waals surface area contributed by atoms with E-state index in [9.17, 15) is 5.11 Å². The number of anilines is 1. The second-order valence-corrected chi connectivity index (χ2v) is 4.07. The lowest BCUT2D eigenvalue weighted by atomic mass is 10.0. The van der Waals surface area contributed by atoms with Gasteiger partial charge < -0.3 is 10.4 Å². The van der Waals surface area contributed by atoms with Gasteiger partial charge in [-0.3, -0.25) is 0 Å². The van der Waals surface area contributed by atoms with Gasteiger partial charge in [-0.25, -0.2) is 0 Å². The number of nitrogens with one attached hydrogen (secondary N) is 1. The molecule has 1 aliphatic heterocycles. The Bertz CT molecular complexity index is 534. The van der Waals surface area contributed by atoms with Crippen molar-refractivity contribution in [2.45, 2.75) is 6.42 Å². The molecule has 0 aliphatic carbocycles. The summed E-state index contributed by atoms with van der Waals surface area (Å²) in [4.78, 5) is 0. The van der Waals surface area contributed by atoms with Crippen molar-refractivity contribution < 1.29 is 5.11 Å². The third kappa shape index (κ3) is 1.43. The van der Waals surface area contributed by atoms with E-state index in [1.54, 1.807) is 6.07 Å². The summed E-state index contributed by atoms with van der Waals surface area (Å²) in [6.07, 6.45) is 1.07. The molecule has 1 aliphatic rings. The van der Waals surface area contributed by atoms with Crippen LogP contribution in [0.2, 0.25) is 0 Å².